The maximum absolute atomic E-state index is 12.8. The van der Waals surface area contributed by atoms with Crippen LogP contribution in [0.15, 0.2) is 21.5 Å². The number of nitrogens with zero attached hydrogens (tertiary/aromatic N) is 1. The molecular formula is C23H30BrNO5S2. The summed E-state index contributed by atoms with van der Waals surface area (Å²) in [6.07, 6.45) is 4.29. The van der Waals surface area contributed by atoms with Gasteiger partial charge in [-0.2, -0.15) is 0 Å². The molecular weight excluding hydrogens is 514 g/mol. The lowest BCUT2D eigenvalue weighted by Gasteiger charge is -2.15. The summed E-state index contributed by atoms with van der Waals surface area (Å²) in [6, 6.07) is 3.73. The Hall–Kier alpha value is -1.58. The van der Waals surface area contributed by atoms with Gasteiger partial charge in [0.1, 0.15) is 4.32 Å². The number of halogens is 1. The minimum atomic E-state index is -0.250. The summed E-state index contributed by atoms with van der Waals surface area (Å²) >= 11 is 10.2. The van der Waals surface area contributed by atoms with Gasteiger partial charge >= 0.3 is 5.97 Å². The highest BCUT2D eigenvalue weighted by atomic mass is 79.9. The van der Waals surface area contributed by atoms with Crippen LogP contribution in [0.1, 0.15) is 52.0 Å². The molecule has 1 amide bonds. The molecule has 9 heteroatoms. The van der Waals surface area contributed by atoms with E-state index < -0.39 is 0 Å². The van der Waals surface area contributed by atoms with E-state index in [2.05, 4.69) is 29.8 Å². The van der Waals surface area contributed by atoms with Gasteiger partial charge in [0.15, 0.2) is 11.5 Å². The fourth-order valence-electron chi connectivity index (χ4n) is 2.87. The standard InChI is InChI=1S/C23H30BrNO5S2/c1-5-10-29-20(26)7-6-9-25-22(27)19(32-23(25)31)14-16-12-17(24)21(18(13-16)28-4)30-11-8-15(2)3/h12-15H,5-11H2,1-4H3/b19-14+. The third-order valence-electron chi connectivity index (χ3n) is 4.59. The Labute approximate surface area is 208 Å². The molecule has 0 N–H and O–H groups in total. The van der Waals surface area contributed by atoms with Crippen LogP contribution in [0.3, 0.4) is 0 Å². The molecule has 0 radical (unpaired) electrons. The minimum Gasteiger partial charge on any atom is -0.493 e. The number of thioether (sulfide) groups is 1. The van der Waals surface area contributed by atoms with Crippen LogP contribution in [-0.4, -0.2) is 48.0 Å². The number of carbonyl (C=O) groups is 2. The zero-order valence-corrected chi connectivity index (χ0v) is 22.2. The van der Waals surface area contributed by atoms with E-state index in [1.165, 1.54) is 16.7 Å². The first-order chi connectivity index (χ1) is 15.3. The Balaban J connectivity index is 2.06. The second kappa shape index (κ2) is 13.2. The molecule has 0 bridgehead atoms. The largest absolute Gasteiger partial charge is 0.493 e. The molecule has 1 aromatic carbocycles. The Bertz CT molecular complexity index is 872. The second-order valence-corrected chi connectivity index (χ2v) is 10.3. The third-order valence-corrected chi connectivity index (χ3v) is 6.56. The number of hydrogen-bond donors (Lipinski definition) is 0. The molecule has 32 heavy (non-hydrogen) atoms. The van der Waals surface area contributed by atoms with E-state index in [4.69, 9.17) is 26.4 Å². The summed E-state index contributed by atoms with van der Waals surface area (Å²) in [5, 5.41) is 0. The summed E-state index contributed by atoms with van der Waals surface area (Å²) < 4.78 is 17.7. The van der Waals surface area contributed by atoms with E-state index in [0.717, 1.165) is 22.9 Å². The van der Waals surface area contributed by atoms with Gasteiger partial charge < -0.3 is 14.2 Å². The van der Waals surface area contributed by atoms with Crippen molar-refractivity contribution < 1.29 is 23.8 Å². The zero-order valence-electron chi connectivity index (χ0n) is 18.9. The maximum atomic E-state index is 12.8. The van der Waals surface area contributed by atoms with Gasteiger partial charge in [-0.1, -0.05) is 44.8 Å². The van der Waals surface area contributed by atoms with Crippen molar-refractivity contribution in [2.24, 2.45) is 5.92 Å². The number of methoxy groups -OCH3 is 1. The molecule has 176 valence electrons. The maximum Gasteiger partial charge on any atom is 0.305 e. The highest BCUT2D eigenvalue weighted by Gasteiger charge is 2.31. The van der Waals surface area contributed by atoms with Gasteiger partial charge in [0.2, 0.25) is 0 Å². The molecule has 0 aromatic heterocycles. The van der Waals surface area contributed by atoms with Crippen molar-refractivity contribution >= 4 is 62.2 Å². The van der Waals surface area contributed by atoms with Crippen LogP contribution in [0.25, 0.3) is 6.08 Å². The molecule has 1 saturated heterocycles. The van der Waals surface area contributed by atoms with E-state index >= 15 is 0 Å². The van der Waals surface area contributed by atoms with Crippen LogP contribution in [0.2, 0.25) is 0 Å². The number of amides is 1. The van der Waals surface area contributed by atoms with Crippen molar-refractivity contribution in [3.63, 3.8) is 0 Å². The van der Waals surface area contributed by atoms with E-state index in [-0.39, 0.29) is 18.3 Å². The van der Waals surface area contributed by atoms with Gasteiger partial charge in [0.05, 0.1) is 29.7 Å². The van der Waals surface area contributed by atoms with Crippen molar-refractivity contribution in [2.45, 2.75) is 46.5 Å². The summed E-state index contributed by atoms with van der Waals surface area (Å²) in [5.41, 5.74) is 0.800. The Morgan fingerprint density at radius 1 is 1.31 bits per heavy atom. The first kappa shape index (κ1) is 26.7. The second-order valence-electron chi connectivity index (χ2n) is 7.72. The first-order valence-electron chi connectivity index (χ1n) is 10.7. The van der Waals surface area contributed by atoms with Crippen LogP contribution < -0.4 is 9.47 Å². The number of rotatable bonds is 12. The minimum absolute atomic E-state index is 0.158. The van der Waals surface area contributed by atoms with E-state index in [1.54, 1.807) is 13.2 Å². The molecule has 2 rings (SSSR count). The summed E-state index contributed by atoms with van der Waals surface area (Å²) in [4.78, 5) is 26.6. The number of thiocarbonyl (C=S) groups is 1. The van der Waals surface area contributed by atoms with Crippen molar-refractivity contribution in [3.05, 3.63) is 27.1 Å². The molecule has 0 saturated carbocycles. The number of hydrogen-bond acceptors (Lipinski definition) is 7. The first-order valence-corrected chi connectivity index (χ1v) is 12.7. The molecule has 6 nitrogen and oxygen atoms in total. The third kappa shape index (κ3) is 7.78. The molecule has 0 atom stereocenters. The van der Waals surface area contributed by atoms with Crippen molar-refractivity contribution in [1.82, 2.24) is 4.90 Å². The van der Waals surface area contributed by atoms with E-state index in [1.807, 2.05) is 19.1 Å². The smallest absolute Gasteiger partial charge is 0.305 e. The van der Waals surface area contributed by atoms with Gasteiger partial charge in [-0.3, -0.25) is 14.5 Å². The quantitative estimate of drug-likeness (QED) is 0.187. The highest BCUT2D eigenvalue weighted by molar-refractivity contribution is 9.10. The normalized spacial score (nSPS) is 15.1. The monoisotopic (exact) mass is 543 g/mol. The summed E-state index contributed by atoms with van der Waals surface area (Å²) in [5.74, 6) is 1.38. The van der Waals surface area contributed by atoms with Crippen molar-refractivity contribution in [1.29, 1.82) is 0 Å². The fraction of sp³-hybridized carbons (Fsp3) is 0.522. The molecule has 0 spiro atoms. The van der Waals surface area contributed by atoms with Gasteiger partial charge in [-0.15, -0.1) is 0 Å². The van der Waals surface area contributed by atoms with Gasteiger partial charge in [0, 0.05) is 13.0 Å². The lowest BCUT2D eigenvalue weighted by atomic mass is 10.1. The lowest BCUT2D eigenvalue weighted by molar-refractivity contribution is -0.144. The molecule has 1 aromatic rings. The van der Waals surface area contributed by atoms with Crippen LogP contribution in [0.4, 0.5) is 0 Å². The fourth-order valence-corrected chi connectivity index (χ4v) is 4.76. The average Bonchev–Trinajstić information content (AvgIpc) is 3.00. The predicted octanol–water partition coefficient (Wildman–Crippen LogP) is 5.82. The zero-order chi connectivity index (χ0) is 23.7. The van der Waals surface area contributed by atoms with Crippen LogP contribution in [0, 0.1) is 5.92 Å². The predicted molar refractivity (Wildman–Crippen MR) is 136 cm³/mol. The number of ether oxygens (including phenoxy) is 3. The van der Waals surface area contributed by atoms with Crippen molar-refractivity contribution in [3.8, 4) is 11.5 Å². The van der Waals surface area contributed by atoms with Crippen molar-refractivity contribution in [2.75, 3.05) is 26.9 Å². The number of benzene rings is 1. The van der Waals surface area contributed by atoms with Gasteiger partial charge in [-0.05, 0) is 64.9 Å². The van der Waals surface area contributed by atoms with E-state index in [0.29, 0.717) is 52.8 Å². The Morgan fingerprint density at radius 2 is 2.06 bits per heavy atom. The van der Waals surface area contributed by atoms with Gasteiger partial charge in [-0.25, -0.2) is 0 Å². The molecule has 1 aliphatic heterocycles. The topological polar surface area (TPSA) is 65.1 Å². The van der Waals surface area contributed by atoms with Gasteiger partial charge in [0.25, 0.3) is 5.91 Å². The summed E-state index contributed by atoms with van der Waals surface area (Å²) in [6.45, 7) is 7.64. The average molecular weight is 545 g/mol. The molecule has 1 heterocycles. The van der Waals surface area contributed by atoms with E-state index in [9.17, 15) is 9.59 Å². The van der Waals surface area contributed by atoms with Crippen LogP contribution >= 0.6 is 39.9 Å². The molecule has 0 unspecified atom stereocenters. The number of carbonyl (C=O) groups excluding carboxylic acids is 2. The Kier molecular flexibility index (Phi) is 11.0. The summed E-state index contributed by atoms with van der Waals surface area (Å²) in [7, 11) is 1.59. The SMILES string of the molecule is CCCOC(=O)CCCN1C(=O)/C(=C\c2cc(Br)c(OCCC(C)C)c(OC)c2)SC1=S. The van der Waals surface area contributed by atoms with Crippen LogP contribution in [-0.2, 0) is 14.3 Å². The Morgan fingerprint density at radius 3 is 2.72 bits per heavy atom. The highest BCUT2D eigenvalue weighted by Crippen LogP contribution is 2.39. The molecule has 0 aliphatic carbocycles. The number of esters is 1. The molecule has 1 fully saturated rings. The molecule has 1 aliphatic rings. The van der Waals surface area contributed by atoms with Crippen LogP contribution in [0.5, 0.6) is 11.5 Å². The lowest BCUT2D eigenvalue weighted by Crippen LogP contribution is -2.29.